The van der Waals surface area contributed by atoms with Crippen LogP contribution in [0.1, 0.15) is 29.3 Å². The summed E-state index contributed by atoms with van der Waals surface area (Å²) < 4.78 is 0. The van der Waals surface area contributed by atoms with Gasteiger partial charge < -0.3 is 5.73 Å². The normalized spacial score (nSPS) is 21.4. The van der Waals surface area contributed by atoms with E-state index in [2.05, 4.69) is 6.07 Å². The zero-order valence-electron chi connectivity index (χ0n) is 15.4. The zero-order chi connectivity index (χ0) is 19.7. The van der Waals surface area contributed by atoms with Crippen LogP contribution in [0.5, 0.6) is 0 Å². The van der Waals surface area contributed by atoms with Gasteiger partial charge in [0.1, 0.15) is 5.84 Å². The fourth-order valence-corrected chi connectivity index (χ4v) is 4.85. The highest BCUT2D eigenvalue weighted by Gasteiger charge is 2.51. The first kappa shape index (κ1) is 18.1. The summed E-state index contributed by atoms with van der Waals surface area (Å²) in [6.07, 6.45) is 0.630. The van der Waals surface area contributed by atoms with Crippen LogP contribution in [0, 0.1) is 17.2 Å². The smallest absolute Gasteiger partial charge is 0.180 e. The van der Waals surface area contributed by atoms with Crippen LogP contribution in [0.4, 0.5) is 0 Å². The molecular formula is C23H19N3OS. The lowest BCUT2D eigenvalue weighted by atomic mass is 9.81. The summed E-state index contributed by atoms with van der Waals surface area (Å²) in [5, 5.41) is 11.2. The van der Waals surface area contributed by atoms with Gasteiger partial charge in [-0.3, -0.25) is 4.79 Å². The average molecular weight is 385 g/mol. The van der Waals surface area contributed by atoms with Gasteiger partial charge in [0, 0.05) is 4.88 Å². The van der Waals surface area contributed by atoms with Gasteiger partial charge in [0.05, 0.1) is 17.6 Å². The molecule has 0 saturated heterocycles. The first-order valence-corrected chi connectivity index (χ1v) is 10.0. The van der Waals surface area contributed by atoms with Crippen molar-refractivity contribution >= 4 is 23.0 Å². The van der Waals surface area contributed by atoms with E-state index in [4.69, 9.17) is 10.7 Å². The predicted molar refractivity (Wildman–Crippen MR) is 112 cm³/mol. The summed E-state index contributed by atoms with van der Waals surface area (Å²) in [7, 11) is 0. The van der Waals surface area contributed by atoms with E-state index in [1.54, 1.807) is 6.07 Å². The number of nitrogens with two attached hydrogens (primary N) is 1. The van der Waals surface area contributed by atoms with Gasteiger partial charge in [0.15, 0.2) is 11.3 Å². The average Bonchev–Trinajstić information content (AvgIpc) is 3.32. The summed E-state index contributed by atoms with van der Waals surface area (Å²) in [5.74, 6) is 0.0586. The Hall–Kier alpha value is -3.23. The van der Waals surface area contributed by atoms with Gasteiger partial charge >= 0.3 is 0 Å². The number of Topliss-reactive ketones (excluding diaryl/α,β-unsaturated/α-hetero) is 1. The molecule has 0 aliphatic carbocycles. The molecule has 0 saturated carbocycles. The number of carbonyl (C=O) groups excluding carboxylic acids is 1. The second-order valence-electron chi connectivity index (χ2n) is 6.83. The molecule has 2 heterocycles. The molecule has 138 valence electrons. The molecule has 1 aliphatic rings. The number of amidine groups is 1. The van der Waals surface area contributed by atoms with Crippen LogP contribution in [-0.2, 0) is 10.3 Å². The number of carbonyl (C=O) groups is 1. The van der Waals surface area contributed by atoms with Gasteiger partial charge in [-0.2, -0.15) is 5.26 Å². The standard InChI is InChI=1S/C23H19N3OS/c1-2-19-21(27)23(26-22(19)25,18-9-4-3-5-10-18)20-12-17(14-28-20)16-8-6-7-15(11-16)13-24/h3-12,14,19H,2H2,1H3,(H2,25,26). The van der Waals surface area contributed by atoms with Crippen molar-refractivity contribution < 1.29 is 4.79 Å². The maximum Gasteiger partial charge on any atom is 0.180 e. The van der Waals surface area contributed by atoms with Crippen molar-refractivity contribution in [1.82, 2.24) is 0 Å². The molecule has 28 heavy (non-hydrogen) atoms. The largest absolute Gasteiger partial charge is 0.387 e. The number of aliphatic imine (C=N–C) groups is 1. The molecule has 2 aromatic carbocycles. The fraction of sp³-hybridized carbons (Fsp3) is 0.174. The minimum atomic E-state index is -1.10. The molecule has 2 unspecified atom stereocenters. The second-order valence-corrected chi connectivity index (χ2v) is 7.74. The van der Waals surface area contributed by atoms with Crippen molar-refractivity contribution in [2.45, 2.75) is 18.9 Å². The minimum Gasteiger partial charge on any atom is -0.387 e. The lowest BCUT2D eigenvalue weighted by Crippen LogP contribution is -2.35. The number of ketones is 1. The molecule has 0 spiro atoms. The van der Waals surface area contributed by atoms with Crippen molar-refractivity contribution in [3.05, 3.63) is 82.0 Å². The fourth-order valence-electron chi connectivity index (χ4n) is 3.76. The summed E-state index contributed by atoms with van der Waals surface area (Å²) in [6.45, 7) is 1.96. The number of hydrogen-bond acceptors (Lipinski definition) is 5. The number of thiophene rings is 1. The van der Waals surface area contributed by atoms with Gasteiger partial charge in [-0.15, -0.1) is 11.3 Å². The van der Waals surface area contributed by atoms with Crippen LogP contribution >= 0.6 is 11.3 Å². The van der Waals surface area contributed by atoms with Gasteiger partial charge in [-0.1, -0.05) is 49.4 Å². The van der Waals surface area contributed by atoms with Crippen LogP contribution in [0.2, 0.25) is 0 Å². The molecular weight excluding hydrogens is 366 g/mol. The number of benzene rings is 2. The Bertz CT molecular complexity index is 1110. The second kappa shape index (κ2) is 7.06. The first-order chi connectivity index (χ1) is 13.6. The third kappa shape index (κ3) is 2.74. The SMILES string of the molecule is CCC1C(=O)C(c2ccccc2)(c2cc(-c3cccc(C#N)c3)cs2)N=C1N. The topological polar surface area (TPSA) is 79.2 Å². The number of nitriles is 1. The molecule has 4 rings (SSSR count). The molecule has 1 aliphatic heterocycles. The van der Waals surface area contributed by atoms with Gasteiger partial charge in [0.2, 0.25) is 0 Å². The van der Waals surface area contributed by atoms with Crippen molar-refractivity contribution in [3.8, 4) is 17.2 Å². The molecule has 0 bridgehead atoms. The number of nitrogens with zero attached hydrogens (tertiary/aromatic N) is 2. The third-order valence-electron chi connectivity index (χ3n) is 5.21. The lowest BCUT2D eigenvalue weighted by molar-refractivity contribution is -0.123. The summed E-state index contributed by atoms with van der Waals surface area (Å²) in [5.41, 5.74) is 8.44. The van der Waals surface area contributed by atoms with Gasteiger partial charge in [-0.25, -0.2) is 4.99 Å². The van der Waals surface area contributed by atoms with E-state index in [1.165, 1.54) is 11.3 Å². The predicted octanol–water partition coefficient (Wildman–Crippen LogP) is 4.50. The summed E-state index contributed by atoms with van der Waals surface area (Å²) >= 11 is 1.50. The monoisotopic (exact) mass is 385 g/mol. The molecule has 0 amide bonds. The Morgan fingerprint density at radius 3 is 2.61 bits per heavy atom. The van der Waals surface area contributed by atoms with Crippen molar-refractivity contribution in [1.29, 1.82) is 5.26 Å². The quantitative estimate of drug-likeness (QED) is 0.718. The van der Waals surface area contributed by atoms with E-state index in [0.29, 0.717) is 17.8 Å². The molecule has 4 nitrogen and oxygen atoms in total. The molecule has 5 heteroatoms. The van der Waals surface area contributed by atoms with Crippen LogP contribution in [0.3, 0.4) is 0 Å². The Balaban J connectivity index is 1.88. The van der Waals surface area contributed by atoms with E-state index in [1.807, 2.05) is 66.9 Å². The molecule has 0 fully saturated rings. The highest BCUT2D eigenvalue weighted by molar-refractivity contribution is 7.10. The zero-order valence-corrected chi connectivity index (χ0v) is 16.2. The molecule has 2 atom stereocenters. The van der Waals surface area contributed by atoms with E-state index >= 15 is 0 Å². The van der Waals surface area contributed by atoms with Crippen molar-refractivity contribution in [2.75, 3.05) is 0 Å². The molecule has 3 aromatic rings. The van der Waals surface area contributed by atoms with E-state index in [-0.39, 0.29) is 11.7 Å². The highest BCUT2D eigenvalue weighted by atomic mass is 32.1. The molecule has 1 aromatic heterocycles. The van der Waals surface area contributed by atoms with Gasteiger partial charge in [-0.05, 0) is 46.7 Å². The lowest BCUT2D eigenvalue weighted by Gasteiger charge is -2.25. The third-order valence-corrected chi connectivity index (χ3v) is 6.25. The Kier molecular flexibility index (Phi) is 4.58. The molecule has 2 N–H and O–H groups in total. The summed E-state index contributed by atoms with van der Waals surface area (Å²) in [6, 6.07) is 21.2. The number of rotatable bonds is 4. The van der Waals surface area contributed by atoms with Crippen molar-refractivity contribution in [3.63, 3.8) is 0 Å². The van der Waals surface area contributed by atoms with Crippen LogP contribution in [0.25, 0.3) is 11.1 Å². The van der Waals surface area contributed by atoms with Crippen LogP contribution < -0.4 is 5.73 Å². The van der Waals surface area contributed by atoms with Crippen LogP contribution in [0.15, 0.2) is 71.0 Å². The van der Waals surface area contributed by atoms with Gasteiger partial charge in [0.25, 0.3) is 0 Å². The Labute approximate surface area is 168 Å². The molecule has 0 radical (unpaired) electrons. The van der Waals surface area contributed by atoms with Crippen LogP contribution in [-0.4, -0.2) is 11.6 Å². The maximum atomic E-state index is 13.5. The maximum absolute atomic E-state index is 13.5. The number of hydrogen-bond donors (Lipinski definition) is 1. The Morgan fingerprint density at radius 1 is 1.14 bits per heavy atom. The highest BCUT2D eigenvalue weighted by Crippen LogP contribution is 2.45. The van der Waals surface area contributed by atoms with E-state index in [9.17, 15) is 10.1 Å². The van der Waals surface area contributed by atoms with E-state index < -0.39 is 5.54 Å². The minimum absolute atomic E-state index is 0.0258. The summed E-state index contributed by atoms with van der Waals surface area (Å²) in [4.78, 5) is 19.1. The van der Waals surface area contributed by atoms with E-state index in [0.717, 1.165) is 21.6 Å². The Morgan fingerprint density at radius 2 is 1.93 bits per heavy atom. The first-order valence-electron chi connectivity index (χ1n) is 9.14. The van der Waals surface area contributed by atoms with Crippen molar-refractivity contribution in [2.24, 2.45) is 16.6 Å².